The molecule has 1 atom stereocenters. The number of amides is 1. The van der Waals surface area contributed by atoms with Crippen LogP contribution in [0, 0.1) is 5.92 Å². The van der Waals surface area contributed by atoms with Gasteiger partial charge in [0.2, 0.25) is 5.91 Å². The van der Waals surface area contributed by atoms with Crippen LogP contribution in [0.4, 0.5) is 0 Å². The Morgan fingerprint density at radius 2 is 2.38 bits per heavy atom. The molecule has 1 amide bonds. The predicted molar refractivity (Wildman–Crippen MR) is 33.3 cm³/mol. The first-order chi connectivity index (χ1) is 3.72. The topological polar surface area (TPSA) is 46.2 Å². The molecule has 0 saturated carbocycles. The van der Waals surface area contributed by atoms with Gasteiger partial charge in [0.15, 0.2) is 0 Å². The molecule has 0 aromatic rings. The Morgan fingerprint density at radius 1 is 1.88 bits per heavy atom. The highest BCUT2D eigenvalue weighted by atomic mass is 28.2. The molecular weight excluding hydrogens is 122 g/mol. The van der Waals surface area contributed by atoms with E-state index in [2.05, 4.69) is 4.98 Å². The zero-order chi connectivity index (χ0) is 6.57. The van der Waals surface area contributed by atoms with Gasteiger partial charge in [-0.05, 0) is 6.92 Å². The molecule has 0 aliphatic rings. The molecule has 46 valence electrons. The second kappa shape index (κ2) is 3.37. The van der Waals surface area contributed by atoms with Crippen LogP contribution in [-0.2, 0) is 9.59 Å². The molecule has 0 saturated heterocycles. The van der Waals surface area contributed by atoms with E-state index in [1.807, 2.05) is 0 Å². The van der Waals surface area contributed by atoms with Crippen molar-refractivity contribution in [3.05, 3.63) is 0 Å². The molecule has 0 spiro atoms. The highest BCUT2D eigenvalue weighted by Gasteiger charge is 2.06. The number of carbonyl (C=O) groups excluding carboxylic acids is 2. The van der Waals surface area contributed by atoms with Crippen molar-refractivity contribution in [2.75, 3.05) is 0 Å². The molecule has 0 aromatic carbocycles. The van der Waals surface area contributed by atoms with Crippen LogP contribution in [0.1, 0.15) is 6.92 Å². The van der Waals surface area contributed by atoms with Crippen molar-refractivity contribution in [1.29, 1.82) is 0 Å². The molecule has 8 heavy (non-hydrogen) atoms. The number of hydrogen-bond acceptors (Lipinski definition) is 2. The van der Waals surface area contributed by atoms with Crippen molar-refractivity contribution in [2.24, 2.45) is 5.92 Å². The molecule has 0 radical (unpaired) electrons. The summed E-state index contributed by atoms with van der Waals surface area (Å²) in [7, 11) is 0.617. The van der Waals surface area contributed by atoms with Gasteiger partial charge in [-0.25, -0.2) is 0 Å². The third kappa shape index (κ3) is 1.88. The molecule has 0 aromatic heterocycles. The Hall–Kier alpha value is -0.643. The van der Waals surface area contributed by atoms with Crippen LogP contribution < -0.4 is 4.98 Å². The average molecular weight is 131 g/mol. The summed E-state index contributed by atoms with van der Waals surface area (Å²) in [5, 5.41) is 0. The smallest absolute Gasteiger partial charge is 0.221 e. The van der Waals surface area contributed by atoms with Crippen LogP contribution in [0.15, 0.2) is 0 Å². The number of aldehydes is 1. The number of rotatable bonds is 2. The van der Waals surface area contributed by atoms with Crippen molar-refractivity contribution in [1.82, 2.24) is 4.98 Å². The third-order valence-electron chi connectivity index (χ3n) is 0.864. The Labute approximate surface area is 51.0 Å². The molecule has 0 fully saturated rings. The molecule has 0 heterocycles. The summed E-state index contributed by atoms with van der Waals surface area (Å²) >= 11 is 0. The first-order valence-corrected chi connectivity index (χ1v) is 3.39. The molecule has 4 heteroatoms. The first-order valence-electron chi connectivity index (χ1n) is 2.39. The van der Waals surface area contributed by atoms with Gasteiger partial charge in [0.25, 0.3) is 0 Å². The SMILES string of the molecule is CC(C=O)C(=O)N[SiH3]. The minimum Gasteiger partial charge on any atom is -0.390 e. The maximum absolute atomic E-state index is 10.4. The van der Waals surface area contributed by atoms with Crippen LogP contribution in [0.2, 0.25) is 0 Å². The fraction of sp³-hybridized carbons (Fsp3) is 0.500. The zero-order valence-corrected chi connectivity index (χ0v) is 6.97. The highest BCUT2D eigenvalue weighted by Crippen LogP contribution is 1.84. The van der Waals surface area contributed by atoms with E-state index in [1.165, 1.54) is 0 Å². The molecule has 1 unspecified atom stereocenters. The number of carbonyl (C=O) groups is 2. The summed E-state index contributed by atoms with van der Waals surface area (Å²) in [6.45, 7) is 1.57. The van der Waals surface area contributed by atoms with Crippen LogP contribution >= 0.6 is 0 Å². The van der Waals surface area contributed by atoms with E-state index in [1.54, 1.807) is 6.92 Å². The van der Waals surface area contributed by atoms with Gasteiger partial charge in [0.1, 0.15) is 16.7 Å². The fourth-order valence-corrected chi connectivity index (χ4v) is 0.745. The summed E-state index contributed by atoms with van der Waals surface area (Å²) in [6, 6.07) is 0. The molecule has 0 aliphatic carbocycles. The summed E-state index contributed by atoms with van der Waals surface area (Å²) in [5.74, 6) is -0.654. The molecule has 0 aliphatic heterocycles. The predicted octanol–water partition coefficient (Wildman–Crippen LogP) is -1.78. The van der Waals surface area contributed by atoms with Crippen molar-refractivity contribution in [2.45, 2.75) is 6.92 Å². The molecular formula is C4H9NO2Si. The zero-order valence-electron chi connectivity index (χ0n) is 4.97. The number of hydrogen-bond donors (Lipinski definition) is 1. The van der Waals surface area contributed by atoms with Crippen molar-refractivity contribution in [3.8, 4) is 0 Å². The lowest BCUT2D eigenvalue weighted by Crippen LogP contribution is -2.27. The standard InChI is InChI=1S/C4H9NO2Si/c1-3(2-6)4(7)5-8/h2-3H,1,8H3,(H,5,7). The van der Waals surface area contributed by atoms with E-state index >= 15 is 0 Å². The van der Waals surface area contributed by atoms with E-state index in [-0.39, 0.29) is 5.91 Å². The summed E-state index contributed by atoms with van der Waals surface area (Å²) in [4.78, 5) is 22.8. The lowest BCUT2D eigenvalue weighted by atomic mass is 10.2. The van der Waals surface area contributed by atoms with Crippen molar-refractivity contribution < 1.29 is 9.59 Å². The van der Waals surface area contributed by atoms with Gasteiger partial charge in [0, 0.05) is 0 Å². The van der Waals surface area contributed by atoms with E-state index in [0.29, 0.717) is 16.7 Å². The molecule has 0 rings (SSSR count). The minimum atomic E-state index is -0.479. The normalized spacial score (nSPS) is 12.6. The van der Waals surface area contributed by atoms with Gasteiger partial charge in [0.05, 0.1) is 5.92 Å². The summed E-state index contributed by atoms with van der Waals surface area (Å²) in [6.07, 6.45) is 0.632. The first kappa shape index (κ1) is 7.36. The van der Waals surface area contributed by atoms with Crippen LogP contribution in [0.25, 0.3) is 0 Å². The molecule has 3 nitrogen and oxygen atoms in total. The van der Waals surface area contributed by atoms with E-state index in [4.69, 9.17) is 0 Å². The minimum absolute atomic E-state index is 0.174. The van der Waals surface area contributed by atoms with Crippen LogP contribution in [-0.4, -0.2) is 22.6 Å². The second-order valence-corrected chi connectivity index (χ2v) is 2.04. The van der Waals surface area contributed by atoms with Gasteiger partial charge in [-0.2, -0.15) is 0 Å². The van der Waals surface area contributed by atoms with E-state index in [0.717, 1.165) is 0 Å². The third-order valence-corrected chi connectivity index (χ3v) is 1.36. The molecule has 1 N–H and O–H groups in total. The van der Waals surface area contributed by atoms with Gasteiger partial charge in [-0.1, -0.05) is 0 Å². The monoisotopic (exact) mass is 131 g/mol. The second-order valence-electron chi connectivity index (χ2n) is 1.54. The van der Waals surface area contributed by atoms with Gasteiger partial charge < -0.3 is 9.78 Å². The highest BCUT2D eigenvalue weighted by molar-refractivity contribution is 6.16. The van der Waals surface area contributed by atoms with Gasteiger partial charge in [-0.15, -0.1) is 0 Å². The fourth-order valence-electron chi connectivity index (χ4n) is 0.289. The molecule has 0 bridgehead atoms. The van der Waals surface area contributed by atoms with Crippen molar-refractivity contribution >= 4 is 22.6 Å². The Kier molecular flexibility index (Phi) is 3.10. The summed E-state index contributed by atoms with van der Waals surface area (Å²) in [5.41, 5.74) is 0. The lowest BCUT2D eigenvalue weighted by molar-refractivity contribution is -0.126. The van der Waals surface area contributed by atoms with Crippen molar-refractivity contribution in [3.63, 3.8) is 0 Å². The lowest BCUT2D eigenvalue weighted by Gasteiger charge is -1.98. The maximum Gasteiger partial charge on any atom is 0.221 e. The quantitative estimate of drug-likeness (QED) is 0.273. The van der Waals surface area contributed by atoms with Crippen LogP contribution in [0.5, 0.6) is 0 Å². The van der Waals surface area contributed by atoms with Gasteiger partial charge >= 0.3 is 0 Å². The average Bonchev–Trinajstić information content (AvgIpc) is 1.84. The Morgan fingerprint density at radius 3 is 2.50 bits per heavy atom. The Balaban J connectivity index is 3.62. The maximum atomic E-state index is 10.4. The largest absolute Gasteiger partial charge is 0.390 e. The summed E-state index contributed by atoms with van der Waals surface area (Å²) < 4.78 is 0. The van der Waals surface area contributed by atoms with Crippen LogP contribution in [0.3, 0.4) is 0 Å². The number of nitrogens with one attached hydrogen (secondary N) is 1. The van der Waals surface area contributed by atoms with E-state index < -0.39 is 5.92 Å². The Bertz CT molecular complexity index is 104. The van der Waals surface area contributed by atoms with Gasteiger partial charge in [-0.3, -0.25) is 4.79 Å². The van der Waals surface area contributed by atoms with E-state index in [9.17, 15) is 9.59 Å².